The minimum Gasteiger partial charge on any atom is -0.478 e. The van der Waals surface area contributed by atoms with Gasteiger partial charge in [0.15, 0.2) is 0 Å². The van der Waals surface area contributed by atoms with E-state index >= 15 is 0 Å². The van der Waals surface area contributed by atoms with E-state index in [0.717, 1.165) is 0 Å². The van der Waals surface area contributed by atoms with Gasteiger partial charge in [0.05, 0.1) is 10.8 Å². The van der Waals surface area contributed by atoms with Crippen molar-refractivity contribution in [3.8, 4) is 0 Å². The molecule has 0 aromatic heterocycles. The average Bonchev–Trinajstić information content (AvgIpc) is 3.11. The summed E-state index contributed by atoms with van der Waals surface area (Å²) in [6.07, 6.45) is 1.94. The zero-order valence-electron chi connectivity index (χ0n) is 10.0. The Bertz CT molecular complexity index is 576. The van der Waals surface area contributed by atoms with Crippen molar-refractivity contribution in [3.05, 3.63) is 29.3 Å². The molecule has 98 valence electrons. The van der Waals surface area contributed by atoms with Crippen molar-refractivity contribution in [2.24, 2.45) is 0 Å². The number of anilines is 1. The van der Waals surface area contributed by atoms with Crippen molar-refractivity contribution in [2.45, 2.75) is 31.4 Å². The van der Waals surface area contributed by atoms with E-state index in [4.69, 9.17) is 5.11 Å². The third-order valence-corrected chi connectivity index (χ3v) is 4.81. The fourth-order valence-electron chi connectivity index (χ4n) is 1.78. The van der Waals surface area contributed by atoms with Gasteiger partial charge in [0.2, 0.25) is 10.0 Å². The zero-order valence-corrected chi connectivity index (χ0v) is 10.8. The van der Waals surface area contributed by atoms with Crippen LogP contribution in [0.2, 0.25) is 0 Å². The largest absolute Gasteiger partial charge is 0.478 e. The third-order valence-electron chi connectivity index (χ3n) is 2.94. The smallest absolute Gasteiger partial charge is 0.335 e. The fourth-order valence-corrected chi connectivity index (χ4v) is 3.16. The highest BCUT2D eigenvalue weighted by Crippen LogP contribution is 2.30. The summed E-state index contributed by atoms with van der Waals surface area (Å²) in [5, 5.41) is 8.69. The number of benzene rings is 1. The van der Waals surface area contributed by atoms with Crippen LogP contribution in [0.1, 0.15) is 35.7 Å². The Balaban J connectivity index is 2.27. The number of rotatable bonds is 5. The molecule has 0 amide bonds. The van der Waals surface area contributed by atoms with Gasteiger partial charge in [-0.3, -0.25) is 4.72 Å². The third kappa shape index (κ3) is 2.64. The van der Waals surface area contributed by atoms with Crippen LogP contribution in [-0.2, 0) is 16.4 Å². The summed E-state index contributed by atoms with van der Waals surface area (Å²) in [5.41, 5.74) is 1.27. The van der Waals surface area contributed by atoms with E-state index in [0.29, 0.717) is 30.5 Å². The number of hydrogen-bond donors (Lipinski definition) is 2. The molecular formula is C12H15NO4S. The number of sulfonamides is 1. The molecule has 1 aromatic rings. The molecule has 5 nitrogen and oxygen atoms in total. The molecule has 18 heavy (non-hydrogen) atoms. The monoisotopic (exact) mass is 269 g/mol. The lowest BCUT2D eigenvalue weighted by molar-refractivity contribution is 0.0696. The molecule has 1 aliphatic carbocycles. The number of aryl methyl sites for hydroxylation is 1. The minimum absolute atomic E-state index is 0.215. The van der Waals surface area contributed by atoms with Crippen molar-refractivity contribution in [1.29, 1.82) is 0 Å². The number of aromatic carboxylic acids is 1. The first kappa shape index (κ1) is 12.9. The molecule has 0 unspecified atom stereocenters. The summed E-state index contributed by atoms with van der Waals surface area (Å²) >= 11 is 0. The SMILES string of the molecule is CCc1cc(NS(=O)(=O)C2CC2)ccc1C(=O)O. The summed E-state index contributed by atoms with van der Waals surface area (Å²) < 4.78 is 26.0. The van der Waals surface area contributed by atoms with Crippen molar-refractivity contribution in [3.63, 3.8) is 0 Å². The average molecular weight is 269 g/mol. The molecule has 0 heterocycles. The first-order chi connectivity index (χ1) is 8.44. The van der Waals surface area contributed by atoms with E-state index in [1.54, 1.807) is 6.07 Å². The van der Waals surface area contributed by atoms with Gasteiger partial charge in [0.25, 0.3) is 0 Å². The predicted molar refractivity (Wildman–Crippen MR) is 68.3 cm³/mol. The Hall–Kier alpha value is -1.56. The van der Waals surface area contributed by atoms with E-state index in [-0.39, 0.29) is 10.8 Å². The molecule has 0 atom stereocenters. The van der Waals surface area contributed by atoms with Gasteiger partial charge >= 0.3 is 5.97 Å². The van der Waals surface area contributed by atoms with Crippen molar-refractivity contribution in [1.82, 2.24) is 0 Å². The van der Waals surface area contributed by atoms with Gasteiger partial charge in [0.1, 0.15) is 0 Å². The van der Waals surface area contributed by atoms with Crippen LogP contribution in [0, 0.1) is 0 Å². The topological polar surface area (TPSA) is 83.5 Å². The van der Waals surface area contributed by atoms with E-state index < -0.39 is 16.0 Å². The maximum atomic E-state index is 11.8. The number of carbonyl (C=O) groups is 1. The molecule has 1 aromatic carbocycles. The van der Waals surface area contributed by atoms with E-state index in [1.165, 1.54) is 12.1 Å². The van der Waals surface area contributed by atoms with Crippen molar-refractivity contribution < 1.29 is 18.3 Å². The molecule has 1 aliphatic rings. The maximum absolute atomic E-state index is 11.8. The lowest BCUT2D eigenvalue weighted by Gasteiger charge is -2.10. The number of nitrogens with one attached hydrogen (secondary N) is 1. The molecule has 2 rings (SSSR count). The molecule has 0 spiro atoms. The van der Waals surface area contributed by atoms with Gasteiger partial charge in [-0.15, -0.1) is 0 Å². The quantitative estimate of drug-likeness (QED) is 0.854. The molecule has 1 fully saturated rings. The Morgan fingerprint density at radius 3 is 2.61 bits per heavy atom. The highest BCUT2D eigenvalue weighted by molar-refractivity contribution is 7.93. The van der Waals surface area contributed by atoms with E-state index in [1.807, 2.05) is 6.92 Å². The number of carboxylic acid groups (broad SMARTS) is 1. The molecule has 0 aliphatic heterocycles. The molecule has 1 saturated carbocycles. The second kappa shape index (κ2) is 4.61. The fraction of sp³-hybridized carbons (Fsp3) is 0.417. The minimum atomic E-state index is -3.30. The van der Waals surface area contributed by atoms with Gasteiger partial charge in [-0.25, -0.2) is 13.2 Å². The lowest BCUT2D eigenvalue weighted by atomic mass is 10.0. The van der Waals surface area contributed by atoms with Crippen LogP contribution in [-0.4, -0.2) is 24.7 Å². The second-order valence-corrected chi connectivity index (χ2v) is 6.34. The van der Waals surface area contributed by atoms with Crippen LogP contribution in [0.4, 0.5) is 5.69 Å². The number of carboxylic acids is 1. The van der Waals surface area contributed by atoms with Gasteiger partial charge in [-0.05, 0) is 43.0 Å². The Morgan fingerprint density at radius 1 is 1.44 bits per heavy atom. The van der Waals surface area contributed by atoms with Crippen LogP contribution < -0.4 is 4.72 Å². The summed E-state index contributed by atoms with van der Waals surface area (Å²) in [7, 11) is -3.30. The first-order valence-electron chi connectivity index (χ1n) is 5.82. The molecule has 0 radical (unpaired) electrons. The van der Waals surface area contributed by atoms with Crippen molar-refractivity contribution in [2.75, 3.05) is 4.72 Å². The molecule has 0 saturated heterocycles. The molecule has 2 N–H and O–H groups in total. The summed E-state index contributed by atoms with van der Waals surface area (Å²) in [6, 6.07) is 4.51. The molecule has 6 heteroatoms. The van der Waals surface area contributed by atoms with Gasteiger partial charge in [-0.1, -0.05) is 6.92 Å². The van der Waals surface area contributed by atoms with Crippen LogP contribution in [0.25, 0.3) is 0 Å². The van der Waals surface area contributed by atoms with E-state index in [2.05, 4.69) is 4.72 Å². The Labute approximate surface area is 106 Å². The Morgan fingerprint density at radius 2 is 2.11 bits per heavy atom. The van der Waals surface area contributed by atoms with Gasteiger partial charge < -0.3 is 5.11 Å². The van der Waals surface area contributed by atoms with Gasteiger partial charge in [-0.2, -0.15) is 0 Å². The molecule has 0 bridgehead atoms. The normalized spacial score (nSPS) is 15.4. The number of hydrogen-bond acceptors (Lipinski definition) is 3. The highest BCUT2D eigenvalue weighted by Gasteiger charge is 2.35. The second-order valence-electron chi connectivity index (χ2n) is 4.38. The molecular weight excluding hydrogens is 254 g/mol. The first-order valence-corrected chi connectivity index (χ1v) is 7.36. The zero-order chi connectivity index (χ0) is 13.3. The van der Waals surface area contributed by atoms with Crippen LogP contribution in [0.15, 0.2) is 18.2 Å². The predicted octanol–water partition coefficient (Wildman–Crippen LogP) is 1.85. The van der Waals surface area contributed by atoms with Gasteiger partial charge in [0, 0.05) is 5.69 Å². The van der Waals surface area contributed by atoms with Crippen LogP contribution in [0.5, 0.6) is 0 Å². The van der Waals surface area contributed by atoms with Crippen LogP contribution >= 0.6 is 0 Å². The lowest BCUT2D eigenvalue weighted by Crippen LogP contribution is -2.17. The Kier molecular flexibility index (Phi) is 3.30. The summed E-state index contributed by atoms with van der Waals surface area (Å²) in [6.45, 7) is 1.83. The van der Waals surface area contributed by atoms with E-state index in [9.17, 15) is 13.2 Å². The maximum Gasteiger partial charge on any atom is 0.335 e. The van der Waals surface area contributed by atoms with Crippen molar-refractivity contribution >= 4 is 21.7 Å². The standard InChI is InChI=1S/C12H15NO4S/c1-2-8-7-9(3-6-11(8)12(14)15)13-18(16,17)10-4-5-10/h3,6-7,10,13H,2,4-5H2,1H3,(H,14,15). The van der Waals surface area contributed by atoms with Crippen LogP contribution in [0.3, 0.4) is 0 Å². The summed E-state index contributed by atoms with van der Waals surface area (Å²) in [4.78, 5) is 11.0. The summed E-state index contributed by atoms with van der Waals surface area (Å²) in [5.74, 6) is -0.997. The highest BCUT2D eigenvalue weighted by atomic mass is 32.2.